The second-order valence-electron chi connectivity index (χ2n) is 10.4. The van der Waals surface area contributed by atoms with Crippen molar-refractivity contribution in [3.8, 4) is 0 Å². The summed E-state index contributed by atoms with van der Waals surface area (Å²) < 4.78 is 8.58. The number of nitrogens with one attached hydrogen (secondary N) is 2. The van der Waals surface area contributed by atoms with Gasteiger partial charge in [-0.3, -0.25) is 0 Å². The predicted octanol–water partition coefficient (Wildman–Crippen LogP) is 6.77. The molecule has 0 spiro atoms. The molecule has 4 rings (SSSR count). The van der Waals surface area contributed by atoms with E-state index in [0.717, 1.165) is 22.9 Å². The Morgan fingerprint density at radius 2 is 1.22 bits per heavy atom. The molecule has 0 atom stereocenters. The molecule has 0 amide bonds. The fourth-order valence-corrected chi connectivity index (χ4v) is 22.1. The Kier molecular flexibility index (Phi) is 8.21. The van der Waals surface area contributed by atoms with Gasteiger partial charge < -0.3 is 0 Å². The van der Waals surface area contributed by atoms with Gasteiger partial charge in [-0.1, -0.05) is 0 Å². The van der Waals surface area contributed by atoms with Gasteiger partial charge in [0, 0.05) is 0 Å². The molecule has 0 saturated heterocycles. The average Bonchev–Trinajstić information content (AvgIpc) is 2.61. The van der Waals surface area contributed by atoms with Gasteiger partial charge in [-0.15, -0.1) is 0 Å². The number of rotatable bonds is 11. The van der Waals surface area contributed by atoms with E-state index in [0.29, 0.717) is 5.54 Å². The molecule has 4 heteroatoms. The number of thiocarbonyl (C=S) groups is 1. The van der Waals surface area contributed by atoms with E-state index in [1.54, 1.807) is 0 Å². The normalized spacial score (nSPS) is 31.9. The zero-order valence-electron chi connectivity index (χ0n) is 18.2. The van der Waals surface area contributed by atoms with Gasteiger partial charge in [0.25, 0.3) is 0 Å². The summed E-state index contributed by atoms with van der Waals surface area (Å²) in [5, 5.41) is 5.05. The van der Waals surface area contributed by atoms with Gasteiger partial charge in [-0.25, -0.2) is 0 Å². The molecule has 0 aromatic rings. The van der Waals surface area contributed by atoms with Crippen LogP contribution >= 0.6 is 12.2 Å². The second-order valence-corrected chi connectivity index (χ2v) is 23.1. The van der Waals surface area contributed by atoms with E-state index < -0.39 is 18.7 Å². The van der Waals surface area contributed by atoms with Gasteiger partial charge in [0.1, 0.15) is 0 Å². The quantitative estimate of drug-likeness (QED) is 0.243. The molecule has 4 saturated carbocycles. The molecule has 0 heterocycles. The van der Waals surface area contributed by atoms with E-state index in [2.05, 4.69) is 29.6 Å². The number of hydrogen-bond donors (Lipinski definition) is 2. The fraction of sp³-hybridized carbons (Fsp3) is 0.957. The maximum absolute atomic E-state index is 6.02. The topological polar surface area (TPSA) is 24.1 Å². The molecule has 0 aromatic heterocycles. The van der Waals surface area contributed by atoms with Crippen molar-refractivity contribution in [3.63, 3.8) is 0 Å². The summed E-state index contributed by atoms with van der Waals surface area (Å²) >= 11 is 3.62. The zero-order chi connectivity index (χ0) is 19.3. The van der Waals surface area contributed by atoms with Gasteiger partial charge in [0.15, 0.2) is 0 Å². The Bertz CT molecular complexity index is 436. The molecule has 0 aromatic carbocycles. The van der Waals surface area contributed by atoms with Crippen molar-refractivity contribution in [2.24, 2.45) is 17.8 Å². The van der Waals surface area contributed by atoms with Gasteiger partial charge in [0.2, 0.25) is 0 Å². The molecule has 27 heavy (non-hydrogen) atoms. The molecular weight excluding hydrogens is 455 g/mol. The molecular formula is C23H44N2SSn. The van der Waals surface area contributed by atoms with E-state index >= 15 is 0 Å². The third-order valence-electron chi connectivity index (χ3n) is 7.82. The fourth-order valence-electron chi connectivity index (χ4n) is 6.88. The zero-order valence-corrected chi connectivity index (χ0v) is 21.9. The van der Waals surface area contributed by atoms with Crippen LogP contribution in [0.3, 0.4) is 0 Å². The molecule has 4 aliphatic carbocycles. The molecule has 4 aliphatic rings. The first-order valence-electron chi connectivity index (χ1n) is 12.1. The molecule has 2 nitrogen and oxygen atoms in total. The van der Waals surface area contributed by atoms with Crippen molar-refractivity contribution in [1.29, 1.82) is 0 Å². The van der Waals surface area contributed by atoms with Crippen LogP contribution in [-0.2, 0) is 0 Å². The first-order chi connectivity index (χ1) is 13.0. The first kappa shape index (κ1) is 22.2. The van der Waals surface area contributed by atoms with E-state index in [1.165, 1.54) is 90.4 Å². The van der Waals surface area contributed by atoms with E-state index in [-0.39, 0.29) is 0 Å². The summed E-state index contributed by atoms with van der Waals surface area (Å²) in [4.78, 5) is 0. The van der Waals surface area contributed by atoms with Crippen molar-refractivity contribution in [3.05, 3.63) is 0 Å². The molecule has 4 fully saturated rings. The standard InChI is InChI=1S/C11H18N2S.3C4H9.Sn/c12-10(14)13-11-4-7-1-8(5-11)3-9(2-7)6-11;3*1-3-4-2;/h7-9H,1-6H2,(H3,12,13,14);3*1,3-4H2,2H3;/q;;;;+1/p-1. The number of hydrogen-bond acceptors (Lipinski definition) is 1. The molecule has 2 N–H and O–H groups in total. The van der Waals surface area contributed by atoms with Gasteiger partial charge in [-0.05, 0) is 0 Å². The summed E-state index contributed by atoms with van der Waals surface area (Å²) in [6, 6.07) is 0. The molecule has 156 valence electrons. The Balaban J connectivity index is 1.65. The van der Waals surface area contributed by atoms with E-state index in [1.807, 2.05) is 0 Å². The van der Waals surface area contributed by atoms with Crippen LogP contribution in [-0.4, -0.2) is 29.3 Å². The SMILES string of the molecule is CCC[CH2][Sn]([CH2]CCC)([CH2]CCC)[NH]C(=S)NC12CC3CC(CC(C3)C1)C2. The summed E-state index contributed by atoms with van der Waals surface area (Å²) in [6.07, 6.45) is 16.9. The minimum atomic E-state index is -2.39. The van der Waals surface area contributed by atoms with Crippen molar-refractivity contribution < 1.29 is 0 Å². The Hall–Kier alpha value is 0.489. The Morgan fingerprint density at radius 3 is 1.59 bits per heavy atom. The van der Waals surface area contributed by atoms with Crippen LogP contribution < -0.4 is 8.86 Å². The van der Waals surface area contributed by atoms with Crippen LogP contribution in [0.15, 0.2) is 0 Å². The van der Waals surface area contributed by atoms with Gasteiger partial charge in [0.05, 0.1) is 0 Å². The third-order valence-corrected chi connectivity index (χ3v) is 22.0. The van der Waals surface area contributed by atoms with Crippen molar-refractivity contribution in [2.75, 3.05) is 0 Å². The van der Waals surface area contributed by atoms with Crippen molar-refractivity contribution >= 4 is 36.0 Å². The van der Waals surface area contributed by atoms with E-state index in [4.69, 9.17) is 12.2 Å². The van der Waals surface area contributed by atoms with Crippen LogP contribution in [0.4, 0.5) is 0 Å². The Morgan fingerprint density at radius 1 is 0.815 bits per heavy atom. The van der Waals surface area contributed by atoms with Crippen LogP contribution in [0.1, 0.15) is 97.8 Å². The molecule has 0 unspecified atom stereocenters. The van der Waals surface area contributed by atoms with Crippen LogP contribution in [0.5, 0.6) is 0 Å². The first-order valence-corrected chi connectivity index (χ1v) is 20.0. The van der Waals surface area contributed by atoms with Crippen molar-refractivity contribution in [1.82, 2.24) is 8.86 Å². The van der Waals surface area contributed by atoms with E-state index in [9.17, 15) is 0 Å². The second kappa shape index (κ2) is 10.00. The number of unbranched alkanes of at least 4 members (excludes halogenated alkanes) is 3. The van der Waals surface area contributed by atoms with Crippen LogP contribution in [0.2, 0.25) is 13.3 Å². The third kappa shape index (κ3) is 5.77. The van der Waals surface area contributed by atoms with Crippen LogP contribution in [0.25, 0.3) is 0 Å². The average molecular weight is 499 g/mol. The van der Waals surface area contributed by atoms with Gasteiger partial charge >= 0.3 is 179 Å². The summed E-state index contributed by atoms with van der Waals surface area (Å²) in [6.45, 7) is 7.05. The summed E-state index contributed by atoms with van der Waals surface area (Å²) in [7, 11) is 0. The van der Waals surface area contributed by atoms with Crippen molar-refractivity contribution in [2.45, 2.75) is 117 Å². The summed E-state index contributed by atoms with van der Waals surface area (Å²) in [5.41, 5.74) is 0.358. The molecule has 0 aliphatic heterocycles. The monoisotopic (exact) mass is 500 g/mol. The van der Waals surface area contributed by atoms with Crippen LogP contribution in [0, 0.1) is 17.8 Å². The summed E-state index contributed by atoms with van der Waals surface area (Å²) in [5.74, 6) is 2.96. The molecule has 4 bridgehead atoms. The molecule has 0 radical (unpaired) electrons. The minimum absolute atomic E-state index is 0.358. The van der Waals surface area contributed by atoms with Gasteiger partial charge in [-0.2, -0.15) is 0 Å². The predicted molar refractivity (Wildman–Crippen MR) is 125 cm³/mol. The Labute approximate surface area is 178 Å². The maximum atomic E-state index is 6.02.